The van der Waals surface area contributed by atoms with Crippen molar-refractivity contribution in [3.05, 3.63) is 46.5 Å². The van der Waals surface area contributed by atoms with Crippen molar-refractivity contribution < 1.29 is 18.9 Å². The van der Waals surface area contributed by atoms with E-state index in [1.165, 1.54) is 53.6 Å². The second-order valence-electron chi connectivity index (χ2n) is 8.66. The van der Waals surface area contributed by atoms with Crippen LogP contribution >= 0.6 is 0 Å². The lowest BCUT2D eigenvalue weighted by Crippen LogP contribution is -2.38. The van der Waals surface area contributed by atoms with E-state index in [-0.39, 0.29) is 0 Å². The summed E-state index contributed by atoms with van der Waals surface area (Å²) in [5, 5.41) is 0. The minimum absolute atomic E-state index is 0.317. The van der Waals surface area contributed by atoms with Gasteiger partial charge >= 0.3 is 0 Å². The summed E-state index contributed by atoms with van der Waals surface area (Å²) in [4.78, 5) is 2.64. The van der Waals surface area contributed by atoms with Crippen LogP contribution in [-0.2, 0) is 6.42 Å². The standard InChI is InChI=1S/C24H23NO4/c1-2-4-14(3-1)24-18-11-23-21(27-13-29-23)9-16(18)7-19-17-10-22-20(26-12-28-22)8-15(17)5-6-25(19)24/h7-11,14,24H,1-6,12-13H2/t24-/m1/s1. The molecule has 1 fully saturated rings. The minimum Gasteiger partial charge on any atom is -0.454 e. The quantitative estimate of drug-likeness (QED) is 0.704. The molecular weight excluding hydrogens is 366 g/mol. The third kappa shape index (κ3) is 2.27. The summed E-state index contributed by atoms with van der Waals surface area (Å²) < 4.78 is 22.7. The van der Waals surface area contributed by atoms with Crippen LogP contribution in [0.4, 0.5) is 0 Å². The lowest BCUT2D eigenvalue weighted by molar-refractivity contribution is 0.173. The first kappa shape index (κ1) is 16.0. The molecule has 0 bridgehead atoms. The van der Waals surface area contributed by atoms with Gasteiger partial charge in [0.05, 0.1) is 6.04 Å². The first-order chi connectivity index (χ1) is 14.3. The predicted octanol–water partition coefficient (Wildman–Crippen LogP) is 4.75. The maximum absolute atomic E-state index is 5.73. The van der Waals surface area contributed by atoms with E-state index in [2.05, 4.69) is 35.2 Å². The van der Waals surface area contributed by atoms with Gasteiger partial charge in [-0.2, -0.15) is 0 Å². The van der Waals surface area contributed by atoms with Gasteiger partial charge in [-0.3, -0.25) is 0 Å². The van der Waals surface area contributed by atoms with Gasteiger partial charge in [0.1, 0.15) is 0 Å². The normalized spacial score (nSPS) is 23.5. The van der Waals surface area contributed by atoms with E-state index >= 15 is 0 Å². The zero-order valence-corrected chi connectivity index (χ0v) is 16.3. The molecule has 5 nitrogen and oxygen atoms in total. The van der Waals surface area contributed by atoms with E-state index in [9.17, 15) is 0 Å². The fraction of sp³-hybridized carbons (Fsp3) is 0.417. The monoisotopic (exact) mass is 389 g/mol. The number of rotatable bonds is 1. The lowest BCUT2D eigenvalue weighted by atomic mass is 9.81. The third-order valence-electron chi connectivity index (χ3n) is 7.18. The van der Waals surface area contributed by atoms with Crippen molar-refractivity contribution in [1.29, 1.82) is 0 Å². The fourth-order valence-corrected chi connectivity index (χ4v) is 5.85. The minimum atomic E-state index is 0.317. The van der Waals surface area contributed by atoms with Crippen molar-refractivity contribution in [1.82, 2.24) is 4.90 Å². The second kappa shape index (κ2) is 5.85. The van der Waals surface area contributed by atoms with Crippen molar-refractivity contribution >= 4 is 11.8 Å². The Morgan fingerprint density at radius 3 is 2.28 bits per heavy atom. The number of ether oxygens (including phenoxy) is 4. The van der Waals surface area contributed by atoms with Gasteiger partial charge < -0.3 is 23.8 Å². The van der Waals surface area contributed by atoms with E-state index in [0.717, 1.165) is 36.0 Å². The van der Waals surface area contributed by atoms with Crippen molar-refractivity contribution in [3.8, 4) is 23.0 Å². The average molecular weight is 389 g/mol. The maximum Gasteiger partial charge on any atom is 0.231 e. The van der Waals surface area contributed by atoms with Gasteiger partial charge in [-0.25, -0.2) is 0 Å². The Labute approximate surface area is 169 Å². The van der Waals surface area contributed by atoms with E-state index in [0.29, 0.717) is 25.5 Å². The summed E-state index contributed by atoms with van der Waals surface area (Å²) in [5.74, 6) is 4.18. The maximum atomic E-state index is 5.73. The smallest absolute Gasteiger partial charge is 0.231 e. The SMILES string of the molecule is C1=C2c3cc4c(cc3CCN2[C@H](C2CCCC2)c2cc3c(cc21)OCO3)OCO4. The Hall–Kier alpha value is -2.82. The Bertz CT molecular complexity index is 1050. The summed E-state index contributed by atoms with van der Waals surface area (Å²) in [5.41, 5.74) is 6.61. The number of nitrogens with zero attached hydrogens (tertiary/aromatic N) is 1. The summed E-state index contributed by atoms with van der Waals surface area (Å²) in [6.07, 6.45) is 8.65. The Balaban J connectivity index is 1.43. The van der Waals surface area contributed by atoms with Crippen LogP contribution in [0.1, 0.15) is 54.0 Å². The molecule has 1 aliphatic carbocycles. The highest BCUT2D eigenvalue weighted by Gasteiger charge is 2.40. The fourth-order valence-electron chi connectivity index (χ4n) is 5.85. The van der Waals surface area contributed by atoms with Crippen LogP contribution in [0, 0.1) is 5.92 Å². The highest BCUT2D eigenvalue weighted by molar-refractivity contribution is 5.87. The molecule has 2 aromatic rings. The van der Waals surface area contributed by atoms with Crippen LogP contribution in [0.3, 0.4) is 0 Å². The Kier molecular flexibility index (Phi) is 3.23. The predicted molar refractivity (Wildman–Crippen MR) is 108 cm³/mol. The lowest BCUT2D eigenvalue weighted by Gasteiger charge is -2.45. The van der Waals surface area contributed by atoms with Gasteiger partial charge in [-0.15, -0.1) is 0 Å². The molecule has 148 valence electrons. The van der Waals surface area contributed by atoms with E-state index in [4.69, 9.17) is 18.9 Å². The second-order valence-corrected chi connectivity index (χ2v) is 8.66. The molecule has 0 N–H and O–H groups in total. The number of hydrogen-bond donors (Lipinski definition) is 0. The van der Waals surface area contributed by atoms with Crippen LogP contribution in [0.15, 0.2) is 24.3 Å². The Morgan fingerprint density at radius 2 is 1.48 bits per heavy atom. The molecule has 7 rings (SSSR count). The topological polar surface area (TPSA) is 40.2 Å². The van der Waals surface area contributed by atoms with Gasteiger partial charge in [-0.1, -0.05) is 12.8 Å². The van der Waals surface area contributed by atoms with Gasteiger partial charge in [0.2, 0.25) is 13.6 Å². The van der Waals surface area contributed by atoms with Crippen LogP contribution in [-0.4, -0.2) is 25.0 Å². The molecule has 0 spiro atoms. The van der Waals surface area contributed by atoms with E-state index in [1.807, 2.05) is 0 Å². The zero-order chi connectivity index (χ0) is 18.9. The number of benzene rings is 2. The summed E-state index contributed by atoms with van der Waals surface area (Å²) in [6, 6.07) is 9.17. The Morgan fingerprint density at radius 1 is 0.793 bits per heavy atom. The molecule has 5 heteroatoms. The number of fused-ring (bicyclic) bond motifs is 6. The molecule has 5 aliphatic rings. The molecule has 0 aromatic heterocycles. The molecule has 1 atom stereocenters. The molecule has 29 heavy (non-hydrogen) atoms. The zero-order valence-electron chi connectivity index (χ0n) is 16.3. The van der Waals surface area contributed by atoms with Gasteiger partial charge in [0.15, 0.2) is 23.0 Å². The van der Waals surface area contributed by atoms with E-state index < -0.39 is 0 Å². The van der Waals surface area contributed by atoms with Crippen molar-refractivity contribution in [2.24, 2.45) is 5.92 Å². The van der Waals surface area contributed by atoms with Crippen LogP contribution in [0.5, 0.6) is 23.0 Å². The van der Waals surface area contributed by atoms with Gasteiger partial charge in [0.25, 0.3) is 0 Å². The molecular formula is C24H23NO4. The first-order valence-corrected chi connectivity index (χ1v) is 10.7. The van der Waals surface area contributed by atoms with Gasteiger partial charge in [0, 0.05) is 17.8 Å². The molecule has 4 heterocycles. The molecule has 0 unspecified atom stereocenters. The largest absolute Gasteiger partial charge is 0.454 e. The molecule has 0 radical (unpaired) electrons. The highest BCUT2D eigenvalue weighted by Crippen LogP contribution is 2.52. The average Bonchev–Trinajstić information content (AvgIpc) is 3.50. The summed E-state index contributed by atoms with van der Waals surface area (Å²) >= 11 is 0. The number of hydrogen-bond acceptors (Lipinski definition) is 5. The van der Waals surface area contributed by atoms with Crippen LogP contribution in [0.2, 0.25) is 0 Å². The van der Waals surface area contributed by atoms with E-state index in [1.54, 1.807) is 0 Å². The first-order valence-electron chi connectivity index (χ1n) is 10.7. The summed E-state index contributed by atoms with van der Waals surface area (Å²) in [6.45, 7) is 1.67. The van der Waals surface area contributed by atoms with Gasteiger partial charge in [-0.05, 0) is 72.2 Å². The molecule has 4 aliphatic heterocycles. The molecule has 2 aromatic carbocycles. The van der Waals surface area contributed by atoms with Crippen LogP contribution < -0.4 is 18.9 Å². The molecule has 0 saturated heterocycles. The molecule has 1 saturated carbocycles. The van der Waals surface area contributed by atoms with Crippen molar-refractivity contribution in [2.45, 2.75) is 38.1 Å². The van der Waals surface area contributed by atoms with Crippen molar-refractivity contribution in [2.75, 3.05) is 20.1 Å². The third-order valence-corrected chi connectivity index (χ3v) is 7.18. The molecule has 0 amide bonds. The van der Waals surface area contributed by atoms with Crippen LogP contribution in [0.25, 0.3) is 11.8 Å². The van der Waals surface area contributed by atoms with Crippen molar-refractivity contribution in [3.63, 3.8) is 0 Å². The highest BCUT2D eigenvalue weighted by atomic mass is 16.7. The summed E-state index contributed by atoms with van der Waals surface area (Å²) in [7, 11) is 0.